The van der Waals surface area contributed by atoms with Crippen LogP contribution in [-0.2, 0) is 10.0 Å². The third-order valence-corrected chi connectivity index (χ3v) is 6.56. The lowest BCUT2D eigenvalue weighted by Gasteiger charge is -2.37. The second kappa shape index (κ2) is 9.06. The Morgan fingerprint density at radius 1 is 1.03 bits per heavy atom. The largest absolute Gasteiger partial charge is 0.394 e. The van der Waals surface area contributed by atoms with Gasteiger partial charge >= 0.3 is 0 Å². The second-order valence-electron chi connectivity index (χ2n) is 7.67. The molecule has 0 radical (unpaired) electrons. The number of aliphatic hydroxyl groups excluding tert-OH is 1. The van der Waals surface area contributed by atoms with Crippen LogP contribution >= 0.6 is 0 Å². The number of benzene rings is 2. The molecule has 1 amide bonds. The van der Waals surface area contributed by atoms with E-state index < -0.39 is 10.0 Å². The van der Waals surface area contributed by atoms with Crippen LogP contribution in [0.15, 0.2) is 42.5 Å². The number of nitrogens with zero attached hydrogens (tertiary/aromatic N) is 3. The summed E-state index contributed by atoms with van der Waals surface area (Å²) in [6.07, 6.45) is 1.09. The molecule has 0 aliphatic carbocycles. The zero-order valence-electron chi connectivity index (χ0n) is 17.7. The highest BCUT2D eigenvalue weighted by Crippen LogP contribution is 2.23. The van der Waals surface area contributed by atoms with E-state index in [0.717, 1.165) is 23.7 Å². The fourth-order valence-electron chi connectivity index (χ4n) is 3.84. The van der Waals surface area contributed by atoms with Crippen molar-refractivity contribution in [3.8, 4) is 0 Å². The van der Waals surface area contributed by atoms with Gasteiger partial charge in [-0.15, -0.1) is 0 Å². The highest BCUT2D eigenvalue weighted by Gasteiger charge is 2.24. The zero-order chi connectivity index (χ0) is 21.9. The highest BCUT2D eigenvalue weighted by atomic mass is 32.2. The van der Waals surface area contributed by atoms with Crippen LogP contribution in [0.4, 0.5) is 11.4 Å². The summed E-state index contributed by atoms with van der Waals surface area (Å²) in [5.74, 6) is -0.0603. The molecular formula is C22H29N3O4S. The molecule has 0 spiro atoms. The van der Waals surface area contributed by atoms with E-state index in [0.29, 0.717) is 24.3 Å². The smallest absolute Gasteiger partial charge is 0.253 e. The SMILES string of the molecule is Cc1ccc(N2CCN(C(=O)c3ccc(N(CCO)S(C)(=O)=O)cc3)CC2)c(C)c1. The highest BCUT2D eigenvalue weighted by molar-refractivity contribution is 7.92. The number of carbonyl (C=O) groups is 1. The van der Waals surface area contributed by atoms with Gasteiger partial charge in [0.15, 0.2) is 0 Å². The van der Waals surface area contributed by atoms with Gasteiger partial charge in [-0.3, -0.25) is 9.10 Å². The van der Waals surface area contributed by atoms with E-state index in [9.17, 15) is 13.2 Å². The van der Waals surface area contributed by atoms with Crippen LogP contribution in [0, 0.1) is 13.8 Å². The summed E-state index contributed by atoms with van der Waals surface area (Å²) in [7, 11) is -3.50. The van der Waals surface area contributed by atoms with E-state index >= 15 is 0 Å². The van der Waals surface area contributed by atoms with Crippen LogP contribution < -0.4 is 9.21 Å². The van der Waals surface area contributed by atoms with E-state index in [1.165, 1.54) is 16.8 Å². The van der Waals surface area contributed by atoms with Gasteiger partial charge in [0, 0.05) is 37.4 Å². The molecule has 0 saturated carbocycles. The van der Waals surface area contributed by atoms with Crippen molar-refractivity contribution in [2.75, 3.05) is 54.8 Å². The maximum atomic E-state index is 12.9. The summed E-state index contributed by atoms with van der Waals surface area (Å²) in [4.78, 5) is 17.0. The maximum Gasteiger partial charge on any atom is 0.253 e. The van der Waals surface area contributed by atoms with E-state index in [1.54, 1.807) is 24.3 Å². The Balaban J connectivity index is 1.66. The summed E-state index contributed by atoms with van der Waals surface area (Å²) < 4.78 is 25.0. The van der Waals surface area contributed by atoms with Gasteiger partial charge in [0.1, 0.15) is 0 Å². The molecule has 1 fully saturated rings. The average molecular weight is 432 g/mol. The minimum Gasteiger partial charge on any atom is -0.394 e. The van der Waals surface area contributed by atoms with Gasteiger partial charge in [-0.25, -0.2) is 8.42 Å². The Kier molecular flexibility index (Phi) is 6.67. The van der Waals surface area contributed by atoms with Gasteiger partial charge in [0.05, 0.1) is 25.1 Å². The first kappa shape index (κ1) is 22.1. The minimum absolute atomic E-state index is 0.0213. The molecule has 0 bridgehead atoms. The molecule has 3 rings (SSSR count). The first-order valence-corrected chi connectivity index (χ1v) is 11.9. The molecule has 0 unspecified atom stereocenters. The van der Waals surface area contributed by atoms with Crippen LogP contribution in [-0.4, -0.2) is 69.9 Å². The molecular weight excluding hydrogens is 402 g/mol. The maximum absolute atomic E-state index is 12.9. The number of hydrogen-bond donors (Lipinski definition) is 1. The van der Waals surface area contributed by atoms with Crippen molar-refractivity contribution in [1.82, 2.24) is 4.90 Å². The van der Waals surface area contributed by atoms with Crippen molar-refractivity contribution in [3.05, 3.63) is 59.2 Å². The predicted molar refractivity (Wildman–Crippen MR) is 120 cm³/mol. The van der Waals surface area contributed by atoms with Crippen molar-refractivity contribution < 1.29 is 18.3 Å². The number of hydrogen-bond acceptors (Lipinski definition) is 5. The monoisotopic (exact) mass is 431 g/mol. The zero-order valence-corrected chi connectivity index (χ0v) is 18.5. The lowest BCUT2D eigenvalue weighted by Crippen LogP contribution is -2.49. The molecule has 8 heteroatoms. The van der Waals surface area contributed by atoms with Crippen LogP contribution in [0.1, 0.15) is 21.5 Å². The number of amides is 1. The van der Waals surface area contributed by atoms with Crippen molar-refractivity contribution in [2.45, 2.75) is 13.8 Å². The van der Waals surface area contributed by atoms with E-state index in [4.69, 9.17) is 5.11 Å². The Labute approximate surface area is 178 Å². The molecule has 1 N–H and O–H groups in total. The van der Waals surface area contributed by atoms with Gasteiger partial charge in [0.25, 0.3) is 5.91 Å². The summed E-state index contributed by atoms with van der Waals surface area (Å²) in [5.41, 5.74) is 4.64. The summed E-state index contributed by atoms with van der Waals surface area (Å²) in [6.45, 7) is 6.69. The fraction of sp³-hybridized carbons (Fsp3) is 0.409. The van der Waals surface area contributed by atoms with E-state index in [-0.39, 0.29) is 19.1 Å². The van der Waals surface area contributed by atoms with Gasteiger partial charge < -0.3 is 14.9 Å². The van der Waals surface area contributed by atoms with Crippen LogP contribution in [0.5, 0.6) is 0 Å². The normalized spacial score (nSPS) is 14.7. The van der Waals surface area contributed by atoms with Crippen molar-refractivity contribution in [3.63, 3.8) is 0 Å². The van der Waals surface area contributed by atoms with Crippen LogP contribution in [0.25, 0.3) is 0 Å². The van der Waals surface area contributed by atoms with E-state index in [2.05, 4.69) is 36.9 Å². The average Bonchev–Trinajstić information content (AvgIpc) is 2.71. The fourth-order valence-corrected chi connectivity index (χ4v) is 4.76. The number of rotatable bonds is 6. The Morgan fingerprint density at radius 2 is 1.67 bits per heavy atom. The Hall–Kier alpha value is -2.58. The molecule has 2 aromatic rings. The Morgan fingerprint density at radius 3 is 2.20 bits per heavy atom. The van der Waals surface area contributed by atoms with Gasteiger partial charge in [-0.1, -0.05) is 17.7 Å². The summed E-state index contributed by atoms with van der Waals surface area (Å²) >= 11 is 0. The number of anilines is 2. The van der Waals surface area contributed by atoms with Crippen LogP contribution in [0.2, 0.25) is 0 Å². The lowest BCUT2D eigenvalue weighted by molar-refractivity contribution is 0.0747. The van der Waals surface area contributed by atoms with Gasteiger partial charge in [0.2, 0.25) is 10.0 Å². The standard InChI is InChI=1S/C22H29N3O4S/c1-17-4-9-21(18(2)16-17)23-10-12-24(13-11-23)22(27)19-5-7-20(8-6-19)25(14-15-26)30(3,28)29/h4-9,16,26H,10-15H2,1-3H3. The molecule has 1 aliphatic heterocycles. The van der Waals surface area contributed by atoms with Gasteiger partial charge in [-0.2, -0.15) is 0 Å². The number of piperazine rings is 1. The van der Waals surface area contributed by atoms with Crippen molar-refractivity contribution in [2.24, 2.45) is 0 Å². The van der Waals surface area contributed by atoms with E-state index in [1.807, 2.05) is 4.90 Å². The molecule has 2 aromatic carbocycles. The molecule has 0 atom stereocenters. The molecule has 1 heterocycles. The minimum atomic E-state index is -3.50. The summed E-state index contributed by atoms with van der Waals surface area (Å²) in [5, 5.41) is 9.14. The number of sulfonamides is 1. The topological polar surface area (TPSA) is 81.2 Å². The first-order valence-electron chi connectivity index (χ1n) is 10.0. The third-order valence-electron chi connectivity index (χ3n) is 5.37. The molecule has 162 valence electrons. The van der Waals surface area contributed by atoms with Gasteiger partial charge in [-0.05, 0) is 49.7 Å². The number of aliphatic hydroxyl groups is 1. The first-order chi connectivity index (χ1) is 14.2. The molecule has 1 saturated heterocycles. The Bertz CT molecular complexity index is 998. The molecule has 30 heavy (non-hydrogen) atoms. The molecule has 7 nitrogen and oxygen atoms in total. The number of aryl methyl sites for hydroxylation is 2. The molecule has 0 aromatic heterocycles. The van der Waals surface area contributed by atoms with Crippen LogP contribution in [0.3, 0.4) is 0 Å². The molecule has 1 aliphatic rings. The second-order valence-corrected chi connectivity index (χ2v) is 9.58. The van der Waals surface area contributed by atoms with Crippen molar-refractivity contribution in [1.29, 1.82) is 0 Å². The quantitative estimate of drug-likeness (QED) is 0.757. The summed E-state index contributed by atoms with van der Waals surface area (Å²) in [6, 6.07) is 12.9. The predicted octanol–water partition coefficient (Wildman–Crippen LogP) is 2.02. The number of carbonyl (C=O) groups excluding carboxylic acids is 1. The lowest BCUT2D eigenvalue weighted by atomic mass is 10.1. The third kappa shape index (κ3) is 4.94. The van der Waals surface area contributed by atoms with Crippen molar-refractivity contribution >= 4 is 27.3 Å².